The van der Waals surface area contributed by atoms with E-state index in [-0.39, 0.29) is 11.2 Å². The van der Waals surface area contributed by atoms with Crippen LogP contribution in [0.15, 0.2) is 42.6 Å². The van der Waals surface area contributed by atoms with Gasteiger partial charge in [0.25, 0.3) is 0 Å². The maximum absolute atomic E-state index is 12.7. The molecule has 1 fully saturated rings. The first-order valence-corrected chi connectivity index (χ1v) is 7.47. The van der Waals surface area contributed by atoms with Gasteiger partial charge in [-0.3, -0.25) is 9.78 Å². The highest BCUT2D eigenvalue weighted by molar-refractivity contribution is 5.94. The zero-order chi connectivity index (χ0) is 14.9. The van der Waals surface area contributed by atoms with Crippen molar-refractivity contribution in [2.75, 3.05) is 5.73 Å². The summed E-state index contributed by atoms with van der Waals surface area (Å²) >= 11 is 0. The van der Waals surface area contributed by atoms with Crippen molar-refractivity contribution in [1.29, 1.82) is 0 Å². The van der Waals surface area contributed by atoms with Gasteiger partial charge in [-0.25, -0.2) is 0 Å². The van der Waals surface area contributed by atoms with E-state index >= 15 is 0 Å². The van der Waals surface area contributed by atoms with E-state index in [1.165, 1.54) is 5.56 Å². The van der Waals surface area contributed by atoms with Crippen LogP contribution < -0.4 is 5.73 Å². The van der Waals surface area contributed by atoms with Crippen molar-refractivity contribution in [2.45, 2.75) is 38.0 Å². The van der Waals surface area contributed by atoms with Crippen LogP contribution in [-0.2, 0) is 23.1 Å². The number of aromatic nitrogens is 1. The van der Waals surface area contributed by atoms with Crippen LogP contribution in [0.3, 0.4) is 0 Å². The number of hydrogen-bond donors (Lipinski definition) is 1. The minimum absolute atomic E-state index is 0.268. The Bertz CT molecular complexity index is 640. The van der Waals surface area contributed by atoms with Gasteiger partial charge in [0.1, 0.15) is 5.78 Å². The average Bonchev–Trinajstić information content (AvgIpc) is 3.30. The van der Waals surface area contributed by atoms with Crippen LogP contribution in [0.2, 0.25) is 0 Å². The SMILES string of the molecule is CCc1ccc(CC(=O)C2(c3ccc(N)cc3)CC2)nc1. The molecule has 3 rings (SSSR count). The third-order valence-electron chi connectivity index (χ3n) is 4.38. The molecule has 0 atom stereocenters. The second-order valence-corrected chi connectivity index (χ2v) is 5.82. The minimum atomic E-state index is -0.293. The molecule has 1 heterocycles. The zero-order valence-electron chi connectivity index (χ0n) is 12.3. The average molecular weight is 280 g/mol. The fraction of sp³-hybridized carbons (Fsp3) is 0.333. The smallest absolute Gasteiger partial charge is 0.149 e. The van der Waals surface area contributed by atoms with Crippen LogP contribution in [0.25, 0.3) is 0 Å². The lowest BCUT2D eigenvalue weighted by Crippen LogP contribution is -2.23. The third-order valence-corrected chi connectivity index (χ3v) is 4.38. The van der Waals surface area contributed by atoms with Gasteiger partial charge in [-0.1, -0.05) is 25.1 Å². The van der Waals surface area contributed by atoms with Gasteiger partial charge in [-0.15, -0.1) is 0 Å². The summed E-state index contributed by atoms with van der Waals surface area (Å²) in [4.78, 5) is 17.1. The van der Waals surface area contributed by atoms with Crippen molar-refractivity contribution in [3.05, 3.63) is 59.4 Å². The maximum atomic E-state index is 12.7. The largest absolute Gasteiger partial charge is 0.399 e. The molecule has 2 N–H and O–H groups in total. The summed E-state index contributed by atoms with van der Waals surface area (Å²) in [5.41, 5.74) is 9.31. The number of carbonyl (C=O) groups is 1. The monoisotopic (exact) mass is 280 g/mol. The quantitative estimate of drug-likeness (QED) is 0.856. The van der Waals surface area contributed by atoms with Crippen molar-refractivity contribution in [2.24, 2.45) is 0 Å². The molecule has 0 saturated heterocycles. The Balaban J connectivity index is 1.76. The summed E-state index contributed by atoms with van der Waals surface area (Å²) in [6.07, 6.45) is 5.11. The lowest BCUT2D eigenvalue weighted by molar-refractivity contribution is -0.120. The van der Waals surface area contributed by atoms with E-state index in [0.29, 0.717) is 6.42 Å². The molecular weight excluding hydrogens is 260 g/mol. The van der Waals surface area contributed by atoms with Gasteiger partial charge >= 0.3 is 0 Å². The van der Waals surface area contributed by atoms with Gasteiger partial charge in [0.15, 0.2) is 0 Å². The van der Waals surface area contributed by atoms with Crippen molar-refractivity contribution in [3.63, 3.8) is 0 Å². The molecule has 1 aromatic heterocycles. The number of hydrogen-bond acceptors (Lipinski definition) is 3. The van der Waals surface area contributed by atoms with Gasteiger partial charge < -0.3 is 5.73 Å². The number of nitrogen functional groups attached to an aromatic ring is 1. The highest BCUT2D eigenvalue weighted by atomic mass is 16.1. The molecule has 0 bridgehead atoms. The number of aryl methyl sites for hydroxylation is 1. The molecule has 1 aromatic carbocycles. The molecule has 2 aromatic rings. The van der Waals surface area contributed by atoms with E-state index in [4.69, 9.17) is 5.73 Å². The number of ketones is 1. The molecule has 0 spiro atoms. The van der Waals surface area contributed by atoms with Crippen molar-refractivity contribution in [3.8, 4) is 0 Å². The second kappa shape index (κ2) is 5.32. The molecule has 0 unspecified atom stereocenters. The highest BCUT2D eigenvalue weighted by Gasteiger charge is 2.50. The van der Waals surface area contributed by atoms with Crippen LogP contribution in [0.4, 0.5) is 5.69 Å². The van der Waals surface area contributed by atoms with Crippen LogP contribution >= 0.6 is 0 Å². The summed E-state index contributed by atoms with van der Waals surface area (Å²) in [7, 11) is 0. The number of nitrogens with zero attached hydrogens (tertiary/aromatic N) is 1. The number of pyridine rings is 1. The summed E-state index contributed by atoms with van der Waals surface area (Å²) in [6, 6.07) is 11.7. The lowest BCUT2D eigenvalue weighted by atomic mass is 9.89. The summed E-state index contributed by atoms with van der Waals surface area (Å²) in [5, 5.41) is 0. The fourth-order valence-corrected chi connectivity index (χ4v) is 2.76. The van der Waals surface area contributed by atoms with E-state index in [1.807, 2.05) is 36.5 Å². The number of benzene rings is 1. The first-order chi connectivity index (χ1) is 10.1. The number of Topliss-reactive ketones (excluding diaryl/α,β-unsaturated/α-hetero) is 1. The molecule has 3 nitrogen and oxygen atoms in total. The number of rotatable bonds is 5. The molecule has 1 saturated carbocycles. The van der Waals surface area contributed by atoms with E-state index < -0.39 is 0 Å². The number of anilines is 1. The zero-order valence-corrected chi connectivity index (χ0v) is 12.3. The van der Waals surface area contributed by atoms with Crippen molar-refractivity contribution >= 4 is 11.5 Å². The minimum Gasteiger partial charge on any atom is -0.399 e. The van der Waals surface area contributed by atoms with E-state index in [9.17, 15) is 4.79 Å². The topological polar surface area (TPSA) is 56.0 Å². The molecule has 1 aliphatic carbocycles. The highest BCUT2D eigenvalue weighted by Crippen LogP contribution is 2.49. The normalized spacial score (nSPS) is 15.7. The van der Waals surface area contributed by atoms with Crippen LogP contribution in [0.1, 0.15) is 36.6 Å². The van der Waals surface area contributed by atoms with Crippen molar-refractivity contribution in [1.82, 2.24) is 4.98 Å². The van der Waals surface area contributed by atoms with E-state index in [0.717, 1.165) is 36.2 Å². The Hall–Kier alpha value is -2.16. The van der Waals surface area contributed by atoms with Crippen molar-refractivity contribution < 1.29 is 4.79 Å². The molecular formula is C18H20N2O. The molecule has 1 aliphatic rings. The first-order valence-electron chi connectivity index (χ1n) is 7.47. The molecule has 0 radical (unpaired) electrons. The Morgan fingerprint density at radius 2 is 1.90 bits per heavy atom. The predicted octanol–water partition coefficient (Wildman–Crippen LogP) is 3.07. The maximum Gasteiger partial charge on any atom is 0.149 e. The summed E-state index contributed by atoms with van der Waals surface area (Å²) < 4.78 is 0. The fourth-order valence-electron chi connectivity index (χ4n) is 2.76. The van der Waals surface area contributed by atoms with E-state index in [2.05, 4.69) is 18.0 Å². The van der Waals surface area contributed by atoms with Gasteiger partial charge in [0.05, 0.1) is 5.41 Å². The van der Waals surface area contributed by atoms with Gasteiger partial charge in [0, 0.05) is 24.0 Å². The Morgan fingerprint density at radius 3 is 2.43 bits per heavy atom. The standard InChI is InChI=1S/C18H20N2O/c1-2-13-3-8-16(20-12-13)11-17(21)18(9-10-18)14-4-6-15(19)7-5-14/h3-8,12H,2,9-11,19H2,1H3. The summed E-state index contributed by atoms with van der Waals surface area (Å²) in [6.45, 7) is 2.10. The molecule has 108 valence electrons. The van der Waals surface area contributed by atoms with E-state index in [1.54, 1.807) is 0 Å². The van der Waals surface area contributed by atoms with Crippen LogP contribution in [-0.4, -0.2) is 10.8 Å². The van der Waals surface area contributed by atoms with Gasteiger partial charge in [0.2, 0.25) is 0 Å². The molecule has 3 heteroatoms. The second-order valence-electron chi connectivity index (χ2n) is 5.82. The molecule has 0 aliphatic heterocycles. The van der Waals surface area contributed by atoms with Gasteiger partial charge in [-0.05, 0) is 48.6 Å². The molecule has 21 heavy (non-hydrogen) atoms. The Kier molecular flexibility index (Phi) is 3.50. The van der Waals surface area contributed by atoms with Crippen LogP contribution in [0.5, 0.6) is 0 Å². The first kappa shape index (κ1) is 13.8. The Labute approximate surface area is 125 Å². The summed E-state index contributed by atoms with van der Waals surface area (Å²) in [5.74, 6) is 0.268. The molecule has 0 amide bonds. The Morgan fingerprint density at radius 1 is 1.19 bits per heavy atom. The lowest BCUT2D eigenvalue weighted by Gasteiger charge is -2.14. The predicted molar refractivity (Wildman–Crippen MR) is 84.1 cm³/mol. The number of carbonyl (C=O) groups excluding carboxylic acids is 1. The third kappa shape index (κ3) is 2.68. The van der Waals surface area contributed by atoms with Crippen LogP contribution in [0, 0.1) is 0 Å². The number of nitrogens with two attached hydrogens (primary N) is 1. The van der Waals surface area contributed by atoms with Gasteiger partial charge in [-0.2, -0.15) is 0 Å².